The Labute approximate surface area is 120 Å². The number of hydrogen-bond donors (Lipinski definition) is 0. The Morgan fingerprint density at radius 3 is 1.35 bits per heavy atom. The molecule has 0 radical (unpaired) electrons. The molecule has 0 aliphatic heterocycles. The van der Waals surface area contributed by atoms with Crippen LogP contribution in [0.15, 0.2) is 0 Å². The molecular formula is C16H22O4. The normalized spacial score (nSPS) is 20.6. The average Bonchev–Trinajstić information content (AvgIpc) is 2.47. The van der Waals surface area contributed by atoms with Gasteiger partial charge in [-0.25, -0.2) is 9.59 Å². The first-order chi connectivity index (χ1) is 9.74. The number of esters is 2. The lowest BCUT2D eigenvalue weighted by Crippen LogP contribution is -2.21. The van der Waals surface area contributed by atoms with Gasteiger partial charge in [-0.2, -0.15) is 0 Å². The minimum absolute atomic E-state index is 0.0279. The Hall–Kier alpha value is -1.50. The molecule has 110 valence electrons. The molecule has 2 rings (SSSR count). The van der Waals surface area contributed by atoms with Crippen LogP contribution in [0.5, 0.6) is 0 Å². The Kier molecular flexibility index (Phi) is 5.91. The van der Waals surface area contributed by atoms with Gasteiger partial charge in [0.1, 0.15) is 12.2 Å². The van der Waals surface area contributed by atoms with E-state index in [0.717, 1.165) is 51.4 Å². The summed E-state index contributed by atoms with van der Waals surface area (Å²) in [4.78, 5) is 23.0. The molecule has 2 aliphatic carbocycles. The molecule has 0 amide bonds. The lowest BCUT2D eigenvalue weighted by molar-refractivity contribution is -0.145. The molecular weight excluding hydrogens is 256 g/mol. The van der Waals surface area contributed by atoms with Crippen molar-refractivity contribution in [2.24, 2.45) is 0 Å². The van der Waals surface area contributed by atoms with Gasteiger partial charge >= 0.3 is 11.9 Å². The van der Waals surface area contributed by atoms with Crippen LogP contribution >= 0.6 is 0 Å². The molecule has 0 heterocycles. The van der Waals surface area contributed by atoms with Crippen LogP contribution in [0, 0.1) is 11.8 Å². The van der Waals surface area contributed by atoms with E-state index in [2.05, 4.69) is 11.8 Å². The molecule has 0 bridgehead atoms. The summed E-state index contributed by atoms with van der Waals surface area (Å²) >= 11 is 0. The smallest absolute Gasteiger partial charge is 0.385 e. The van der Waals surface area contributed by atoms with E-state index in [9.17, 15) is 9.59 Å². The Morgan fingerprint density at radius 1 is 0.650 bits per heavy atom. The van der Waals surface area contributed by atoms with E-state index in [4.69, 9.17) is 9.47 Å². The van der Waals surface area contributed by atoms with Gasteiger partial charge in [0.25, 0.3) is 0 Å². The minimum atomic E-state index is -0.613. The van der Waals surface area contributed by atoms with Gasteiger partial charge in [-0.05, 0) is 51.4 Å². The molecule has 20 heavy (non-hydrogen) atoms. The maximum Gasteiger partial charge on any atom is 0.385 e. The van der Waals surface area contributed by atoms with Crippen LogP contribution in [0.4, 0.5) is 0 Å². The van der Waals surface area contributed by atoms with Crippen molar-refractivity contribution in [1.29, 1.82) is 0 Å². The van der Waals surface area contributed by atoms with Crippen LogP contribution in [0.3, 0.4) is 0 Å². The van der Waals surface area contributed by atoms with Crippen LogP contribution in [0.1, 0.15) is 64.2 Å². The van der Waals surface area contributed by atoms with Crippen molar-refractivity contribution >= 4 is 11.9 Å². The largest absolute Gasteiger partial charge is 0.453 e. The van der Waals surface area contributed by atoms with Gasteiger partial charge < -0.3 is 9.47 Å². The summed E-state index contributed by atoms with van der Waals surface area (Å²) in [6.07, 6.45) is 10.3. The molecule has 0 unspecified atom stereocenters. The number of carbonyl (C=O) groups excluding carboxylic acids is 2. The highest BCUT2D eigenvalue weighted by Crippen LogP contribution is 2.21. The monoisotopic (exact) mass is 278 g/mol. The maximum atomic E-state index is 11.5. The highest BCUT2D eigenvalue weighted by atomic mass is 16.5. The fourth-order valence-electron chi connectivity index (χ4n) is 2.83. The zero-order chi connectivity index (χ0) is 14.2. The molecule has 0 aromatic rings. The predicted octanol–water partition coefficient (Wildman–Crippen LogP) is 2.74. The summed E-state index contributed by atoms with van der Waals surface area (Å²) in [5.41, 5.74) is 0. The van der Waals surface area contributed by atoms with E-state index in [1.54, 1.807) is 0 Å². The quantitative estimate of drug-likeness (QED) is 0.443. The summed E-state index contributed by atoms with van der Waals surface area (Å²) in [7, 11) is 0. The molecule has 2 saturated carbocycles. The topological polar surface area (TPSA) is 52.6 Å². The van der Waals surface area contributed by atoms with Crippen LogP contribution in [0.2, 0.25) is 0 Å². The standard InChI is InChI=1S/C16H22O4/c17-15(19-13-7-3-1-4-8-13)11-12-16(18)20-14-9-5-2-6-10-14/h13-14H,1-10H2. The molecule has 4 heteroatoms. The number of ether oxygens (including phenoxy) is 2. The van der Waals surface area contributed by atoms with Gasteiger partial charge in [0.05, 0.1) is 0 Å². The third-order valence-electron chi connectivity index (χ3n) is 3.92. The average molecular weight is 278 g/mol. The SMILES string of the molecule is O=C(C#CC(=O)OC1CCCCC1)OC1CCCCC1. The molecule has 0 atom stereocenters. The van der Waals surface area contributed by atoms with Crippen LogP contribution in [0.25, 0.3) is 0 Å². The Balaban J connectivity index is 1.71. The lowest BCUT2D eigenvalue weighted by atomic mass is 9.98. The van der Waals surface area contributed by atoms with Crippen molar-refractivity contribution in [3.05, 3.63) is 0 Å². The van der Waals surface area contributed by atoms with Crippen molar-refractivity contribution in [3.8, 4) is 11.8 Å². The first kappa shape index (κ1) is 14.9. The van der Waals surface area contributed by atoms with E-state index >= 15 is 0 Å². The first-order valence-electron chi connectivity index (χ1n) is 7.67. The van der Waals surface area contributed by atoms with Gasteiger partial charge in [0.15, 0.2) is 0 Å². The van der Waals surface area contributed by atoms with Crippen LogP contribution in [-0.2, 0) is 19.1 Å². The molecule has 0 N–H and O–H groups in total. The number of rotatable bonds is 2. The van der Waals surface area contributed by atoms with Crippen LogP contribution < -0.4 is 0 Å². The third kappa shape index (κ3) is 5.24. The molecule has 0 aromatic carbocycles. The second-order valence-electron chi connectivity index (χ2n) is 5.58. The van der Waals surface area contributed by atoms with Gasteiger partial charge in [0, 0.05) is 11.8 Å². The highest BCUT2D eigenvalue weighted by molar-refractivity contribution is 5.98. The van der Waals surface area contributed by atoms with Crippen molar-refractivity contribution in [2.45, 2.75) is 76.4 Å². The molecule has 0 saturated heterocycles. The zero-order valence-corrected chi connectivity index (χ0v) is 11.9. The second kappa shape index (κ2) is 7.94. The van der Waals surface area contributed by atoms with E-state index in [1.165, 1.54) is 12.8 Å². The van der Waals surface area contributed by atoms with Crippen LogP contribution in [-0.4, -0.2) is 24.1 Å². The van der Waals surface area contributed by atoms with Gasteiger partial charge in [0.2, 0.25) is 0 Å². The maximum absolute atomic E-state index is 11.5. The summed E-state index contributed by atoms with van der Waals surface area (Å²) in [6.45, 7) is 0. The Morgan fingerprint density at radius 2 is 1.00 bits per heavy atom. The van der Waals surface area contributed by atoms with Crippen molar-refractivity contribution < 1.29 is 19.1 Å². The molecule has 2 fully saturated rings. The second-order valence-corrected chi connectivity index (χ2v) is 5.58. The molecule has 0 aromatic heterocycles. The number of hydrogen-bond acceptors (Lipinski definition) is 4. The first-order valence-corrected chi connectivity index (χ1v) is 7.67. The third-order valence-corrected chi connectivity index (χ3v) is 3.92. The fraction of sp³-hybridized carbons (Fsp3) is 0.750. The van der Waals surface area contributed by atoms with Crippen molar-refractivity contribution in [3.63, 3.8) is 0 Å². The predicted molar refractivity (Wildman–Crippen MR) is 73.7 cm³/mol. The fourth-order valence-corrected chi connectivity index (χ4v) is 2.83. The van der Waals surface area contributed by atoms with Gasteiger partial charge in [-0.3, -0.25) is 0 Å². The summed E-state index contributed by atoms with van der Waals surface area (Å²) in [5, 5.41) is 0. The van der Waals surface area contributed by atoms with Crippen molar-refractivity contribution in [2.75, 3.05) is 0 Å². The van der Waals surface area contributed by atoms with Gasteiger partial charge in [-0.15, -0.1) is 0 Å². The zero-order valence-electron chi connectivity index (χ0n) is 11.9. The van der Waals surface area contributed by atoms with E-state index in [-0.39, 0.29) is 12.2 Å². The lowest BCUT2D eigenvalue weighted by Gasteiger charge is -2.20. The van der Waals surface area contributed by atoms with E-state index in [1.807, 2.05) is 0 Å². The van der Waals surface area contributed by atoms with Crippen molar-refractivity contribution in [1.82, 2.24) is 0 Å². The minimum Gasteiger partial charge on any atom is -0.453 e. The highest BCUT2D eigenvalue weighted by Gasteiger charge is 2.18. The van der Waals surface area contributed by atoms with E-state index < -0.39 is 11.9 Å². The molecule has 2 aliphatic rings. The summed E-state index contributed by atoms with van der Waals surface area (Å²) in [6, 6.07) is 0. The molecule has 4 nitrogen and oxygen atoms in total. The molecule has 0 spiro atoms. The summed E-state index contributed by atoms with van der Waals surface area (Å²) < 4.78 is 10.4. The number of carbonyl (C=O) groups is 2. The van der Waals surface area contributed by atoms with Gasteiger partial charge in [-0.1, -0.05) is 12.8 Å². The summed E-state index contributed by atoms with van der Waals surface area (Å²) in [5.74, 6) is 3.24. The van der Waals surface area contributed by atoms with E-state index in [0.29, 0.717) is 0 Å². The Bertz CT molecular complexity index is 356.